The van der Waals surface area contributed by atoms with E-state index in [1.165, 1.54) is 11.9 Å². The lowest BCUT2D eigenvalue weighted by atomic mass is 10.0. The molecule has 0 aromatic heterocycles. The van der Waals surface area contributed by atoms with Gasteiger partial charge in [0.25, 0.3) is 5.91 Å². The van der Waals surface area contributed by atoms with Gasteiger partial charge in [0.05, 0.1) is 6.54 Å². The van der Waals surface area contributed by atoms with Gasteiger partial charge < -0.3 is 19.7 Å². The summed E-state index contributed by atoms with van der Waals surface area (Å²) in [5.41, 5.74) is 1.15. The number of quaternary nitrogens is 1. The first-order valence-electron chi connectivity index (χ1n) is 7.93. The molecular weight excluding hydrogens is 298 g/mol. The van der Waals surface area contributed by atoms with Crippen LogP contribution in [0.1, 0.15) is 24.4 Å². The molecule has 3 amide bonds. The third-order valence-electron chi connectivity index (χ3n) is 4.32. The van der Waals surface area contributed by atoms with Crippen molar-refractivity contribution in [1.82, 2.24) is 10.6 Å². The molecule has 0 saturated carbocycles. The van der Waals surface area contributed by atoms with E-state index in [-0.39, 0.29) is 18.5 Å². The van der Waals surface area contributed by atoms with E-state index in [4.69, 9.17) is 9.47 Å². The summed E-state index contributed by atoms with van der Waals surface area (Å²) in [4.78, 5) is 24.3. The predicted molar refractivity (Wildman–Crippen MR) is 82.7 cm³/mol. The summed E-state index contributed by atoms with van der Waals surface area (Å²) in [7, 11) is 1.49. The highest BCUT2D eigenvalue weighted by atomic mass is 16.6. The van der Waals surface area contributed by atoms with Crippen LogP contribution in [0.4, 0.5) is 4.79 Å². The SMILES string of the molecule is CNC(=O)NC(=O)C[NH+]1CCC[C@H]1c1ccc2c(c1)OCCO2. The number of hydrogen-bond acceptors (Lipinski definition) is 4. The van der Waals surface area contributed by atoms with Crippen molar-refractivity contribution in [2.75, 3.05) is 33.4 Å². The Morgan fingerprint density at radius 2 is 2.04 bits per heavy atom. The van der Waals surface area contributed by atoms with Crippen molar-refractivity contribution in [1.29, 1.82) is 0 Å². The van der Waals surface area contributed by atoms with Crippen LogP contribution in [0.5, 0.6) is 11.5 Å². The van der Waals surface area contributed by atoms with E-state index in [2.05, 4.69) is 10.6 Å². The Labute approximate surface area is 134 Å². The van der Waals surface area contributed by atoms with E-state index in [0.717, 1.165) is 36.4 Å². The molecule has 2 atom stereocenters. The van der Waals surface area contributed by atoms with E-state index >= 15 is 0 Å². The molecule has 1 aromatic rings. The number of benzene rings is 1. The zero-order valence-corrected chi connectivity index (χ0v) is 13.2. The van der Waals surface area contributed by atoms with Gasteiger partial charge in [-0.2, -0.15) is 0 Å². The lowest BCUT2D eigenvalue weighted by molar-refractivity contribution is -0.910. The Balaban J connectivity index is 1.69. The van der Waals surface area contributed by atoms with Gasteiger partial charge in [-0.1, -0.05) is 0 Å². The van der Waals surface area contributed by atoms with Crippen LogP contribution in [-0.4, -0.2) is 45.3 Å². The maximum Gasteiger partial charge on any atom is 0.321 e. The van der Waals surface area contributed by atoms with Crippen LogP contribution in [0, 0.1) is 0 Å². The average molecular weight is 320 g/mol. The highest BCUT2D eigenvalue weighted by molar-refractivity contribution is 5.94. The zero-order valence-electron chi connectivity index (χ0n) is 13.2. The average Bonchev–Trinajstić information content (AvgIpc) is 3.02. The van der Waals surface area contributed by atoms with Gasteiger partial charge in [0, 0.05) is 25.5 Å². The molecule has 124 valence electrons. The summed E-state index contributed by atoms with van der Waals surface area (Å²) in [6, 6.07) is 5.76. The summed E-state index contributed by atoms with van der Waals surface area (Å²) in [5.74, 6) is 1.29. The van der Waals surface area contributed by atoms with E-state index in [1.807, 2.05) is 18.2 Å². The van der Waals surface area contributed by atoms with Crippen molar-refractivity contribution in [2.24, 2.45) is 0 Å². The number of nitrogens with one attached hydrogen (secondary N) is 3. The molecule has 3 rings (SSSR count). The zero-order chi connectivity index (χ0) is 16.2. The Bertz CT molecular complexity index is 605. The standard InChI is InChI=1S/C16H21N3O4/c1-17-16(21)18-15(20)10-19-6-2-3-12(19)11-4-5-13-14(9-11)23-8-7-22-13/h4-5,9,12H,2-3,6-8,10H2,1H3,(H2,17,18,20,21)/p+1/t12-/m0/s1. The number of carbonyl (C=O) groups is 2. The highest BCUT2D eigenvalue weighted by Crippen LogP contribution is 2.33. The van der Waals surface area contributed by atoms with E-state index in [0.29, 0.717) is 13.2 Å². The third-order valence-corrected chi connectivity index (χ3v) is 4.32. The first-order valence-corrected chi connectivity index (χ1v) is 7.93. The number of urea groups is 1. The van der Waals surface area contributed by atoms with Crippen LogP contribution in [0.2, 0.25) is 0 Å². The van der Waals surface area contributed by atoms with Crippen molar-refractivity contribution >= 4 is 11.9 Å². The normalized spacial score (nSPS) is 22.5. The molecule has 0 spiro atoms. The van der Waals surface area contributed by atoms with Crippen LogP contribution in [0.25, 0.3) is 0 Å². The Morgan fingerprint density at radius 3 is 2.83 bits per heavy atom. The molecular formula is C16H22N3O4+. The second-order valence-electron chi connectivity index (χ2n) is 5.81. The topological polar surface area (TPSA) is 81.1 Å². The van der Waals surface area contributed by atoms with Gasteiger partial charge in [-0.15, -0.1) is 0 Å². The molecule has 1 fully saturated rings. The molecule has 7 nitrogen and oxygen atoms in total. The predicted octanol–water partition coefficient (Wildman–Crippen LogP) is -0.367. The van der Waals surface area contributed by atoms with Gasteiger partial charge in [-0.25, -0.2) is 4.79 Å². The number of rotatable bonds is 3. The largest absolute Gasteiger partial charge is 0.486 e. The van der Waals surface area contributed by atoms with Crippen molar-refractivity contribution in [2.45, 2.75) is 18.9 Å². The molecule has 3 N–H and O–H groups in total. The fourth-order valence-corrected chi connectivity index (χ4v) is 3.24. The van der Waals surface area contributed by atoms with Gasteiger partial charge in [0.15, 0.2) is 18.0 Å². The molecule has 0 radical (unpaired) electrons. The van der Waals surface area contributed by atoms with Gasteiger partial charge in [-0.05, 0) is 18.2 Å². The maximum absolute atomic E-state index is 11.9. The quantitative estimate of drug-likeness (QED) is 0.710. The van der Waals surface area contributed by atoms with Crippen molar-refractivity contribution < 1.29 is 24.0 Å². The second-order valence-corrected chi connectivity index (χ2v) is 5.81. The molecule has 2 heterocycles. The van der Waals surface area contributed by atoms with Crippen LogP contribution in [0.15, 0.2) is 18.2 Å². The lowest BCUT2D eigenvalue weighted by Crippen LogP contribution is -3.11. The van der Waals surface area contributed by atoms with Crippen LogP contribution >= 0.6 is 0 Å². The fraction of sp³-hybridized carbons (Fsp3) is 0.500. The number of hydrogen-bond donors (Lipinski definition) is 3. The van der Waals surface area contributed by atoms with E-state index < -0.39 is 6.03 Å². The number of carbonyl (C=O) groups excluding carboxylic acids is 2. The molecule has 2 aliphatic rings. The summed E-state index contributed by atoms with van der Waals surface area (Å²) in [6.45, 7) is 2.34. The van der Waals surface area contributed by atoms with Gasteiger partial charge in [0.2, 0.25) is 0 Å². The molecule has 0 aliphatic carbocycles. The summed E-state index contributed by atoms with van der Waals surface area (Å²) in [5, 5.41) is 4.71. The Kier molecular flexibility index (Phi) is 4.66. The fourth-order valence-electron chi connectivity index (χ4n) is 3.24. The van der Waals surface area contributed by atoms with Gasteiger partial charge in [-0.3, -0.25) is 10.1 Å². The third kappa shape index (κ3) is 3.56. The summed E-state index contributed by atoms with van der Waals surface area (Å²) < 4.78 is 11.2. The minimum Gasteiger partial charge on any atom is -0.486 e. The minimum atomic E-state index is -0.468. The first-order chi connectivity index (χ1) is 11.2. The molecule has 0 bridgehead atoms. The number of imide groups is 1. The Morgan fingerprint density at radius 1 is 1.26 bits per heavy atom. The lowest BCUT2D eigenvalue weighted by Gasteiger charge is -2.23. The van der Waals surface area contributed by atoms with Crippen molar-refractivity contribution in [3.8, 4) is 11.5 Å². The number of likely N-dealkylation sites (tertiary alicyclic amines) is 1. The molecule has 1 unspecified atom stereocenters. The van der Waals surface area contributed by atoms with Gasteiger partial charge in [0.1, 0.15) is 19.3 Å². The summed E-state index contributed by atoms with van der Waals surface area (Å²) in [6.07, 6.45) is 2.07. The van der Waals surface area contributed by atoms with Crippen molar-refractivity contribution in [3.05, 3.63) is 23.8 Å². The van der Waals surface area contributed by atoms with Gasteiger partial charge >= 0.3 is 6.03 Å². The van der Waals surface area contributed by atoms with Crippen molar-refractivity contribution in [3.63, 3.8) is 0 Å². The number of amides is 3. The first kappa shape index (κ1) is 15.6. The monoisotopic (exact) mass is 320 g/mol. The Hall–Kier alpha value is -2.28. The number of ether oxygens (including phenoxy) is 2. The molecule has 1 saturated heterocycles. The minimum absolute atomic E-state index is 0.237. The molecule has 2 aliphatic heterocycles. The van der Waals surface area contributed by atoms with E-state index in [1.54, 1.807) is 0 Å². The molecule has 23 heavy (non-hydrogen) atoms. The van der Waals surface area contributed by atoms with Crippen LogP contribution in [0.3, 0.4) is 0 Å². The molecule has 7 heteroatoms. The summed E-state index contributed by atoms with van der Waals surface area (Å²) >= 11 is 0. The molecule has 1 aromatic carbocycles. The van der Waals surface area contributed by atoms with Crippen LogP contribution in [-0.2, 0) is 4.79 Å². The second kappa shape index (κ2) is 6.87. The highest BCUT2D eigenvalue weighted by Gasteiger charge is 2.32. The maximum atomic E-state index is 11.9. The number of fused-ring (bicyclic) bond motifs is 1. The smallest absolute Gasteiger partial charge is 0.321 e. The van der Waals surface area contributed by atoms with E-state index in [9.17, 15) is 9.59 Å². The van der Waals surface area contributed by atoms with Crippen LogP contribution < -0.4 is 25.0 Å².